The van der Waals surface area contributed by atoms with E-state index in [-0.39, 0.29) is 24.0 Å². The fraction of sp³-hybridized carbons (Fsp3) is 0.364. The molecule has 15 heavy (non-hydrogen) atoms. The van der Waals surface area contributed by atoms with E-state index in [0.717, 1.165) is 0 Å². The van der Waals surface area contributed by atoms with Crippen LogP contribution in [-0.4, -0.2) is 22.3 Å². The lowest BCUT2D eigenvalue weighted by atomic mass is 9.93. The van der Waals surface area contributed by atoms with E-state index in [1.807, 2.05) is 0 Å². The Bertz CT molecular complexity index is 411. The summed E-state index contributed by atoms with van der Waals surface area (Å²) in [6.45, 7) is 1.65. The van der Waals surface area contributed by atoms with Crippen molar-refractivity contribution in [3.05, 3.63) is 28.8 Å². The lowest BCUT2D eigenvalue weighted by molar-refractivity contribution is 0.0295. The molecule has 1 atom stereocenters. The van der Waals surface area contributed by atoms with Crippen molar-refractivity contribution in [3.63, 3.8) is 0 Å². The second kappa shape index (κ2) is 3.55. The maximum Gasteiger partial charge on any atom is 0.342 e. The van der Waals surface area contributed by atoms with Gasteiger partial charge in [-0.1, -0.05) is 6.07 Å². The third-order valence-corrected chi connectivity index (χ3v) is 2.56. The largest absolute Gasteiger partial charge is 0.507 e. The Morgan fingerprint density at radius 3 is 2.93 bits per heavy atom. The quantitative estimate of drug-likeness (QED) is 0.675. The van der Waals surface area contributed by atoms with E-state index in [0.29, 0.717) is 17.5 Å². The van der Waals surface area contributed by atoms with Crippen LogP contribution in [0.3, 0.4) is 0 Å². The number of aliphatic hydroxyl groups excluding tert-OH is 1. The standard InChI is InChI=1S/C11H12O4/c1-6-4-8-7(5-12)2-3-9(13)10(8)11(14)15-6/h2-3,6,12-13H,4-5H2,1H3/t6-/m1/s1. The first-order chi connectivity index (χ1) is 7.13. The molecule has 0 spiro atoms. The van der Waals surface area contributed by atoms with Crippen molar-refractivity contribution in [1.82, 2.24) is 0 Å². The molecule has 1 aliphatic heterocycles. The molecule has 0 amide bonds. The Balaban J connectivity index is 2.61. The summed E-state index contributed by atoms with van der Waals surface area (Å²) in [5.74, 6) is -0.601. The molecule has 0 fully saturated rings. The van der Waals surface area contributed by atoms with Gasteiger partial charge in [-0.15, -0.1) is 0 Å². The SMILES string of the molecule is C[C@@H]1Cc2c(CO)ccc(O)c2C(=O)O1. The van der Waals surface area contributed by atoms with Crippen molar-refractivity contribution >= 4 is 5.97 Å². The topological polar surface area (TPSA) is 66.8 Å². The van der Waals surface area contributed by atoms with Gasteiger partial charge in [0, 0.05) is 6.42 Å². The maximum absolute atomic E-state index is 11.5. The first kappa shape index (κ1) is 9.98. The highest BCUT2D eigenvalue weighted by molar-refractivity contribution is 5.95. The molecule has 0 saturated heterocycles. The minimum atomic E-state index is -0.517. The highest BCUT2D eigenvalue weighted by atomic mass is 16.5. The molecule has 1 aliphatic rings. The Morgan fingerprint density at radius 1 is 1.53 bits per heavy atom. The van der Waals surface area contributed by atoms with Crippen molar-refractivity contribution in [2.45, 2.75) is 26.1 Å². The van der Waals surface area contributed by atoms with E-state index in [2.05, 4.69) is 0 Å². The normalized spacial score (nSPS) is 19.6. The van der Waals surface area contributed by atoms with E-state index < -0.39 is 5.97 Å². The minimum absolute atomic E-state index is 0.0842. The van der Waals surface area contributed by atoms with Gasteiger partial charge in [0.25, 0.3) is 0 Å². The number of benzene rings is 1. The molecule has 0 unspecified atom stereocenters. The number of phenolic OH excluding ortho intramolecular Hbond substituents is 1. The van der Waals surface area contributed by atoms with Gasteiger partial charge in [-0.2, -0.15) is 0 Å². The zero-order valence-electron chi connectivity index (χ0n) is 8.36. The van der Waals surface area contributed by atoms with Gasteiger partial charge in [0.15, 0.2) is 0 Å². The first-order valence-electron chi connectivity index (χ1n) is 4.79. The summed E-state index contributed by atoms with van der Waals surface area (Å²) >= 11 is 0. The van der Waals surface area contributed by atoms with Crippen LogP contribution in [0.25, 0.3) is 0 Å². The van der Waals surface area contributed by atoms with Crippen LogP contribution < -0.4 is 0 Å². The summed E-state index contributed by atoms with van der Waals surface area (Å²) in [5.41, 5.74) is 1.56. The molecule has 2 N–H and O–H groups in total. The number of carbonyl (C=O) groups is 1. The summed E-state index contributed by atoms with van der Waals surface area (Å²) in [5, 5.41) is 18.7. The Hall–Kier alpha value is -1.55. The van der Waals surface area contributed by atoms with Crippen molar-refractivity contribution < 1.29 is 19.7 Å². The van der Waals surface area contributed by atoms with E-state index in [1.165, 1.54) is 6.07 Å². The highest BCUT2D eigenvalue weighted by Crippen LogP contribution is 2.30. The van der Waals surface area contributed by atoms with Crippen molar-refractivity contribution in [3.8, 4) is 5.75 Å². The number of carbonyl (C=O) groups excluding carboxylic acids is 1. The third-order valence-electron chi connectivity index (χ3n) is 2.56. The summed E-state index contributed by atoms with van der Waals surface area (Å²) < 4.78 is 5.01. The molecule has 1 aromatic rings. The number of aliphatic hydroxyl groups is 1. The minimum Gasteiger partial charge on any atom is -0.507 e. The van der Waals surface area contributed by atoms with Crippen LogP contribution in [0, 0.1) is 0 Å². The second-order valence-electron chi connectivity index (χ2n) is 3.68. The number of fused-ring (bicyclic) bond motifs is 1. The summed E-state index contributed by atoms with van der Waals surface area (Å²) in [6, 6.07) is 3.03. The van der Waals surface area contributed by atoms with E-state index in [9.17, 15) is 9.90 Å². The zero-order chi connectivity index (χ0) is 11.0. The van der Waals surface area contributed by atoms with Gasteiger partial charge in [0.05, 0.1) is 6.61 Å². The Morgan fingerprint density at radius 2 is 2.27 bits per heavy atom. The van der Waals surface area contributed by atoms with Gasteiger partial charge in [0.1, 0.15) is 17.4 Å². The average Bonchev–Trinajstić information content (AvgIpc) is 2.17. The van der Waals surface area contributed by atoms with Crippen molar-refractivity contribution in [2.75, 3.05) is 0 Å². The van der Waals surface area contributed by atoms with E-state index >= 15 is 0 Å². The fourth-order valence-electron chi connectivity index (χ4n) is 1.86. The summed E-state index contributed by atoms with van der Waals surface area (Å²) in [4.78, 5) is 11.5. The molecule has 0 aliphatic carbocycles. The summed E-state index contributed by atoms with van der Waals surface area (Å²) in [6.07, 6.45) is 0.322. The van der Waals surface area contributed by atoms with Gasteiger partial charge >= 0.3 is 5.97 Å². The molecule has 0 saturated carbocycles. The van der Waals surface area contributed by atoms with Crippen LogP contribution in [0.15, 0.2) is 12.1 Å². The Kier molecular flexibility index (Phi) is 2.36. The number of ether oxygens (including phenoxy) is 1. The van der Waals surface area contributed by atoms with Crippen LogP contribution in [0.5, 0.6) is 5.75 Å². The van der Waals surface area contributed by atoms with Crippen LogP contribution in [0.1, 0.15) is 28.4 Å². The van der Waals surface area contributed by atoms with Gasteiger partial charge in [-0.25, -0.2) is 4.79 Å². The second-order valence-corrected chi connectivity index (χ2v) is 3.68. The van der Waals surface area contributed by atoms with Gasteiger partial charge in [-0.05, 0) is 24.1 Å². The van der Waals surface area contributed by atoms with Crippen LogP contribution >= 0.6 is 0 Å². The summed E-state index contributed by atoms with van der Waals surface area (Å²) in [7, 11) is 0. The number of hydrogen-bond acceptors (Lipinski definition) is 4. The molecule has 1 aromatic carbocycles. The molecule has 4 nitrogen and oxygen atoms in total. The maximum atomic E-state index is 11.5. The number of phenols is 1. The molecule has 0 bridgehead atoms. The monoisotopic (exact) mass is 208 g/mol. The van der Waals surface area contributed by atoms with Gasteiger partial charge in [-0.3, -0.25) is 0 Å². The number of hydrogen-bond donors (Lipinski definition) is 2. The zero-order valence-corrected chi connectivity index (χ0v) is 8.36. The van der Waals surface area contributed by atoms with Crippen LogP contribution in [-0.2, 0) is 17.8 Å². The van der Waals surface area contributed by atoms with Gasteiger partial charge in [0.2, 0.25) is 0 Å². The van der Waals surface area contributed by atoms with Crippen molar-refractivity contribution in [1.29, 1.82) is 0 Å². The first-order valence-corrected chi connectivity index (χ1v) is 4.79. The van der Waals surface area contributed by atoms with Crippen LogP contribution in [0.2, 0.25) is 0 Å². The van der Waals surface area contributed by atoms with E-state index in [4.69, 9.17) is 9.84 Å². The Labute approximate surface area is 87.1 Å². The predicted octanol–water partition coefficient (Wildman–Crippen LogP) is 0.986. The molecule has 0 aromatic heterocycles. The molecule has 80 valence electrons. The fourth-order valence-corrected chi connectivity index (χ4v) is 1.86. The smallest absolute Gasteiger partial charge is 0.342 e. The lowest BCUT2D eigenvalue weighted by Gasteiger charge is -2.24. The number of aromatic hydroxyl groups is 1. The average molecular weight is 208 g/mol. The molecule has 1 heterocycles. The number of cyclic esters (lactones) is 1. The number of esters is 1. The van der Waals surface area contributed by atoms with E-state index in [1.54, 1.807) is 13.0 Å². The molecular weight excluding hydrogens is 196 g/mol. The third kappa shape index (κ3) is 1.57. The molecule has 2 rings (SSSR count). The highest BCUT2D eigenvalue weighted by Gasteiger charge is 2.28. The van der Waals surface area contributed by atoms with Gasteiger partial charge < -0.3 is 14.9 Å². The van der Waals surface area contributed by atoms with Crippen molar-refractivity contribution in [2.24, 2.45) is 0 Å². The molecular formula is C11H12O4. The lowest BCUT2D eigenvalue weighted by Crippen LogP contribution is -2.26. The molecule has 4 heteroatoms. The van der Waals surface area contributed by atoms with Crippen LogP contribution in [0.4, 0.5) is 0 Å². The predicted molar refractivity (Wildman–Crippen MR) is 52.6 cm³/mol. The molecule has 0 radical (unpaired) electrons. The number of rotatable bonds is 1.